The Hall–Kier alpha value is -1.20. The zero-order chi connectivity index (χ0) is 14.4. The molecule has 0 aliphatic heterocycles. The first-order chi connectivity index (χ1) is 9.71. The number of methoxy groups -OCH3 is 1. The summed E-state index contributed by atoms with van der Waals surface area (Å²) in [6, 6.07) is 7.87. The molecule has 1 fully saturated rings. The van der Waals surface area contributed by atoms with E-state index in [1.165, 1.54) is 6.42 Å². The lowest BCUT2D eigenvalue weighted by atomic mass is 10.2. The number of rotatable bonds is 6. The molecule has 0 spiro atoms. The van der Waals surface area contributed by atoms with Gasteiger partial charge >= 0.3 is 0 Å². The van der Waals surface area contributed by atoms with Crippen LogP contribution in [0.4, 0.5) is 5.69 Å². The van der Waals surface area contributed by atoms with Gasteiger partial charge in [0, 0.05) is 23.0 Å². The fourth-order valence-electron chi connectivity index (χ4n) is 2.48. The summed E-state index contributed by atoms with van der Waals surface area (Å²) in [7, 11) is 1.62. The van der Waals surface area contributed by atoms with Gasteiger partial charge in [-0.15, -0.1) is 0 Å². The van der Waals surface area contributed by atoms with Gasteiger partial charge in [0.25, 0.3) is 0 Å². The average molecular weight is 294 g/mol. The fraction of sp³-hybridized carbons (Fsp3) is 0.533. The minimum Gasteiger partial charge on any atom is -0.497 e. The van der Waals surface area contributed by atoms with Crippen molar-refractivity contribution >= 4 is 23.4 Å². The second-order valence-corrected chi connectivity index (χ2v) is 6.17. The Labute approximate surface area is 124 Å². The number of amides is 1. The van der Waals surface area contributed by atoms with Gasteiger partial charge in [-0.3, -0.25) is 4.79 Å². The van der Waals surface area contributed by atoms with Crippen LogP contribution in [-0.4, -0.2) is 37.1 Å². The van der Waals surface area contributed by atoms with E-state index in [-0.39, 0.29) is 5.91 Å². The summed E-state index contributed by atoms with van der Waals surface area (Å²) in [5, 5.41) is 6.96. The summed E-state index contributed by atoms with van der Waals surface area (Å²) >= 11 is 1.92. The van der Waals surface area contributed by atoms with E-state index in [9.17, 15) is 4.79 Å². The molecule has 0 saturated heterocycles. The van der Waals surface area contributed by atoms with Crippen LogP contribution in [0.15, 0.2) is 24.3 Å². The quantitative estimate of drug-likeness (QED) is 0.846. The van der Waals surface area contributed by atoms with E-state index in [1.807, 2.05) is 36.0 Å². The van der Waals surface area contributed by atoms with E-state index < -0.39 is 0 Å². The molecule has 4 nitrogen and oxygen atoms in total. The summed E-state index contributed by atoms with van der Waals surface area (Å²) in [5.41, 5.74) is 0.768. The van der Waals surface area contributed by atoms with Crippen molar-refractivity contribution in [2.45, 2.75) is 30.6 Å². The van der Waals surface area contributed by atoms with Gasteiger partial charge in [-0.25, -0.2) is 0 Å². The highest BCUT2D eigenvalue weighted by Crippen LogP contribution is 2.27. The molecule has 5 heteroatoms. The van der Waals surface area contributed by atoms with Gasteiger partial charge in [-0.1, -0.05) is 6.07 Å². The molecule has 0 radical (unpaired) electrons. The van der Waals surface area contributed by atoms with Crippen molar-refractivity contribution in [3.05, 3.63) is 24.3 Å². The van der Waals surface area contributed by atoms with Gasteiger partial charge in [0.05, 0.1) is 13.7 Å². The highest BCUT2D eigenvalue weighted by molar-refractivity contribution is 7.99. The Morgan fingerprint density at radius 2 is 2.30 bits per heavy atom. The number of hydrogen-bond donors (Lipinski definition) is 2. The normalized spacial score (nSPS) is 21.7. The van der Waals surface area contributed by atoms with Gasteiger partial charge in [0.15, 0.2) is 0 Å². The molecule has 1 saturated carbocycles. The molecule has 1 aromatic rings. The lowest BCUT2D eigenvalue weighted by Gasteiger charge is -2.13. The molecule has 0 aromatic heterocycles. The van der Waals surface area contributed by atoms with E-state index in [0.717, 1.165) is 29.5 Å². The van der Waals surface area contributed by atoms with E-state index in [1.54, 1.807) is 7.11 Å². The van der Waals surface area contributed by atoms with Crippen LogP contribution < -0.4 is 15.4 Å². The molecule has 0 heterocycles. The van der Waals surface area contributed by atoms with Crippen molar-refractivity contribution in [2.75, 3.05) is 25.2 Å². The van der Waals surface area contributed by atoms with Crippen molar-refractivity contribution in [1.82, 2.24) is 5.32 Å². The monoisotopic (exact) mass is 294 g/mol. The predicted molar refractivity (Wildman–Crippen MR) is 84.6 cm³/mol. The second-order valence-electron chi connectivity index (χ2n) is 5.03. The maximum Gasteiger partial charge on any atom is 0.238 e. The van der Waals surface area contributed by atoms with Crippen molar-refractivity contribution < 1.29 is 9.53 Å². The Bertz CT molecular complexity index is 453. The van der Waals surface area contributed by atoms with Crippen LogP contribution in [0.3, 0.4) is 0 Å². The van der Waals surface area contributed by atoms with Crippen LogP contribution in [0, 0.1) is 0 Å². The van der Waals surface area contributed by atoms with Crippen LogP contribution in [0.5, 0.6) is 5.75 Å². The molecule has 2 N–H and O–H groups in total. The van der Waals surface area contributed by atoms with Crippen molar-refractivity contribution in [3.63, 3.8) is 0 Å². The molecule has 2 rings (SSSR count). The summed E-state index contributed by atoms with van der Waals surface area (Å²) in [5.74, 6) is 0.736. The Kier molecular flexibility index (Phi) is 5.73. The van der Waals surface area contributed by atoms with Crippen molar-refractivity contribution in [3.8, 4) is 5.75 Å². The Morgan fingerprint density at radius 3 is 3.00 bits per heavy atom. The third-order valence-electron chi connectivity index (χ3n) is 3.62. The van der Waals surface area contributed by atoms with Gasteiger partial charge in [0.2, 0.25) is 5.91 Å². The number of anilines is 1. The first-order valence-electron chi connectivity index (χ1n) is 6.91. The zero-order valence-corrected chi connectivity index (χ0v) is 12.8. The Balaban J connectivity index is 1.75. The first-order valence-corrected chi connectivity index (χ1v) is 8.20. The minimum atomic E-state index is -0.00847. The van der Waals surface area contributed by atoms with Crippen LogP contribution in [0.25, 0.3) is 0 Å². The third kappa shape index (κ3) is 4.42. The molecular formula is C15H22N2O2S. The van der Waals surface area contributed by atoms with Crippen LogP contribution >= 0.6 is 11.8 Å². The number of thioether (sulfide) groups is 1. The number of ether oxygens (including phenoxy) is 1. The largest absolute Gasteiger partial charge is 0.497 e. The van der Waals surface area contributed by atoms with Crippen molar-refractivity contribution in [2.24, 2.45) is 0 Å². The fourth-order valence-corrected chi connectivity index (χ4v) is 3.28. The molecule has 2 unspecified atom stereocenters. The number of benzene rings is 1. The van der Waals surface area contributed by atoms with Gasteiger partial charge in [-0.05, 0) is 37.7 Å². The van der Waals surface area contributed by atoms with Gasteiger partial charge in [-0.2, -0.15) is 11.8 Å². The molecule has 0 bridgehead atoms. The van der Waals surface area contributed by atoms with Gasteiger partial charge in [0.1, 0.15) is 5.75 Å². The smallest absolute Gasteiger partial charge is 0.238 e. The molecule has 1 aliphatic carbocycles. The molecule has 1 aromatic carbocycles. The lowest BCUT2D eigenvalue weighted by Crippen LogP contribution is -2.34. The van der Waals surface area contributed by atoms with Crippen LogP contribution in [-0.2, 0) is 4.79 Å². The minimum absolute atomic E-state index is 0.00847. The molecule has 2 atom stereocenters. The number of carbonyl (C=O) groups excluding carboxylic acids is 1. The highest BCUT2D eigenvalue weighted by atomic mass is 32.2. The van der Waals surface area contributed by atoms with E-state index in [4.69, 9.17) is 4.74 Å². The molecule has 1 aliphatic rings. The standard InChI is InChI=1S/C15H22N2O2S/c1-19-13-5-3-4-12(8-13)17-15(18)10-16-11-6-7-14(9-11)20-2/h3-5,8,11,14,16H,6-7,9-10H2,1-2H3,(H,17,18). The number of nitrogens with one attached hydrogen (secondary N) is 2. The van der Waals surface area contributed by atoms with E-state index in [0.29, 0.717) is 12.6 Å². The highest BCUT2D eigenvalue weighted by Gasteiger charge is 2.23. The third-order valence-corrected chi connectivity index (χ3v) is 4.72. The van der Waals surface area contributed by atoms with Crippen LogP contribution in [0.1, 0.15) is 19.3 Å². The first kappa shape index (κ1) is 15.2. The maximum atomic E-state index is 11.9. The lowest BCUT2D eigenvalue weighted by molar-refractivity contribution is -0.115. The predicted octanol–water partition coefficient (Wildman–Crippen LogP) is 2.51. The summed E-state index contributed by atoms with van der Waals surface area (Å²) in [4.78, 5) is 11.9. The van der Waals surface area contributed by atoms with Crippen molar-refractivity contribution in [1.29, 1.82) is 0 Å². The second kappa shape index (κ2) is 7.55. The zero-order valence-electron chi connectivity index (χ0n) is 12.0. The number of carbonyl (C=O) groups is 1. The maximum absolute atomic E-state index is 11.9. The summed E-state index contributed by atoms with van der Waals surface area (Å²) < 4.78 is 5.13. The summed E-state index contributed by atoms with van der Waals surface area (Å²) in [6.45, 7) is 0.364. The van der Waals surface area contributed by atoms with Crippen LogP contribution in [0.2, 0.25) is 0 Å². The summed E-state index contributed by atoms with van der Waals surface area (Å²) in [6.07, 6.45) is 5.73. The van der Waals surface area contributed by atoms with E-state index >= 15 is 0 Å². The van der Waals surface area contributed by atoms with Gasteiger partial charge < -0.3 is 15.4 Å². The topological polar surface area (TPSA) is 50.4 Å². The van der Waals surface area contributed by atoms with E-state index in [2.05, 4.69) is 16.9 Å². The SMILES string of the molecule is COc1cccc(NC(=O)CNC2CCC(SC)C2)c1. The average Bonchev–Trinajstić information content (AvgIpc) is 2.93. The molecule has 110 valence electrons. The Morgan fingerprint density at radius 1 is 1.45 bits per heavy atom. The molecule has 20 heavy (non-hydrogen) atoms. The molecular weight excluding hydrogens is 272 g/mol. The number of hydrogen-bond acceptors (Lipinski definition) is 4. The molecule has 1 amide bonds.